The highest BCUT2D eigenvalue weighted by atomic mass is 16.6. The average molecular weight is 1120 g/mol. The van der Waals surface area contributed by atoms with Gasteiger partial charge in [0.25, 0.3) is 0 Å². The van der Waals surface area contributed by atoms with Crippen LogP contribution in [0.2, 0.25) is 0 Å². The van der Waals surface area contributed by atoms with Crippen LogP contribution >= 0.6 is 0 Å². The fraction of sp³-hybridized carbons (Fsp3) is 0.878. The van der Waals surface area contributed by atoms with Gasteiger partial charge in [-0.1, -0.05) is 340 Å². The molecule has 0 N–H and O–H groups in total. The van der Waals surface area contributed by atoms with E-state index in [0.717, 1.165) is 64.2 Å². The maximum atomic E-state index is 13.0. The van der Waals surface area contributed by atoms with Crippen molar-refractivity contribution >= 4 is 17.9 Å². The maximum absolute atomic E-state index is 13.0. The summed E-state index contributed by atoms with van der Waals surface area (Å²) in [6.07, 6.45) is 86.0. The van der Waals surface area contributed by atoms with E-state index in [4.69, 9.17) is 14.2 Å². The van der Waals surface area contributed by atoms with Gasteiger partial charge in [0.05, 0.1) is 0 Å². The molecule has 0 aromatic rings. The van der Waals surface area contributed by atoms with E-state index in [1.165, 1.54) is 295 Å². The Balaban J connectivity index is 4.24. The zero-order valence-electron chi connectivity index (χ0n) is 54.1. The van der Waals surface area contributed by atoms with E-state index in [1.54, 1.807) is 0 Å². The van der Waals surface area contributed by atoms with Gasteiger partial charge in [-0.25, -0.2) is 0 Å². The van der Waals surface area contributed by atoms with Crippen LogP contribution in [-0.2, 0) is 28.6 Å². The molecule has 0 amide bonds. The second-order valence-corrected chi connectivity index (χ2v) is 24.5. The monoisotopic (exact) mass is 1120 g/mol. The lowest BCUT2D eigenvalue weighted by Gasteiger charge is -2.18. The molecule has 0 bridgehead atoms. The second-order valence-electron chi connectivity index (χ2n) is 24.5. The molecule has 0 saturated heterocycles. The fourth-order valence-electron chi connectivity index (χ4n) is 10.9. The molecule has 0 aromatic carbocycles. The molecule has 6 heteroatoms. The average Bonchev–Trinajstić information content (AvgIpc) is 3.46. The maximum Gasteiger partial charge on any atom is 0.306 e. The summed E-state index contributed by atoms with van der Waals surface area (Å²) in [5.41, 5.74) is 0. The van der Waals surface area contributed by atoms with E-state index >= 15 is 0 Å². The van der Waals surface area contributed by atoms with Crippen LogP contribution in [0.5, 0.6) is 0 Å². The van der Waals surface area contributed by atoms with Gasteiger partial charge in [0.1, 0.15) is 13.2 Å². The minimum absolute atomic E-state index is 0.0683. The summed E-state index contributed by atoms with van der Waals surface area (Å²) >= 11 is 0. The van der Waals surface area contributed by atoms with E-state index in [1.807, 2.05) is 0 Å². The molecular formula is C74H138O6. The van der Waals surface area contributed by atoms with Crippen molar-refractivity contribution in [3.8, 4) is 0 Å². The third kappa shape index (κ3) is 66.4. The van der Waals surface area contributed by atoms with Crippen molar-refractivity contribution in [2.45, 2.75) is 406 Å². The smallest absolute Gasteiger partial charge is 0.306 e. The minimum Gasteiger partial charge on any atom is -0.462 e. The quantitative estimate of drug-likeness (QED) is 0.0261. The summed E-state index contributed by atoms with van der Waals surface area (Å²) in [5.74, 6) is -0.842. The number of rotatable bonds is 67. The van der Waals surface area contributed by atoms with Crippen LogP contribution in [-0.4, -0.2) is 37.2 Å². The third-order valence-corrected chi connectivity index (χ3v) is 16.4. The molecule has 80 heavy (non-hydrogen) atoms. The Hall–Kier alpha value is -2.37. The molecule has 0 aliphatic heterocycles. The highest BCUT2D eigenvalue weighted by Gasteiger charge is 2.19. The highest BCUT2D eigenvalue weighted by molar-refractivity contribution is 5.71. The lowest BCUT2D eigenvalue weighted by atomic mass is 10.0. The number of carbonyl (C=O) groups excluding carboxylic acids is 3. The van der Waals surface area contributed by atoms with Crippen LogP contribution in [0, 0.1) is 0 Å². The molecule has 1 unspecified atom stereocenters. The summed E-state index contributed by atoms with van der Waals surface area (Å²) in [7, 11) is 0. The van der Waals surface area contributed by atoms with Crippen molar-refractivity contribution in [1.82, 2.24) is 0 Å². The Morgan fingerprint density at radius 3 is 0.700 bits per heavy atom. The molecule has 470 valence electrons. The van der Waals surface area contributed by atoms with Gasteiger partial charge in [-0.15, -0.1) is 0 Å². The molecule has 6 nitrogen and oxygen atoms in total. The van der Waals surface area contributed by atoms with Crippen LogP contribution in [0.3, 0.4) is 0 Å². The molecule has 0 fully saturated rings. The standard InChI is InChI=1S/C74H138O6/c1-4-7-10-13-16-19-22-25-28-30-32-34-35-36-37-38-39-41-42-44-46-49-52-55-58-61-64-67-73(76)79-70-71(69-78-72(75)66-63-60-57-54-51-48-27-24-21-18-15-12-9-6-3)80-74(77)68-65-62-59-56-53-50-47-45-43-40-33-31-29-26-23-20-17-14-11-8-5-2/h23,26,30-33,71H,4-22,24-25,27-29,34-70H2,1-3H3/b26-23-,32-30-,33-31-. The first-order chi connectivity index (χ1) is 39.5. The van der Waals surface area contributed by atoms with Gasteiger partial charge in [-0.3, -0.25) is 14.4 Å². The first-order valence-electron chi connectivity index (χ1n) is 36.0. The molecule has 0 spiro atoms. The van der Waals surface area contributed by atoms with Gasteiger partial charge in [0.15, 0.2) is 6.10 Å². The molecule has 0 rings (SSSR count). The first-order valence-corrected chi connectivity index (χ1v) is 36.0. The predicted molar refractivity (Wildman–Crippen MR) is 349 cm³/mol. The van der Waals surface area contributed by atoms with Crippen molar-refractivity contribution in [2.75, 3.05) is 13.2 Å². The van der Waals surface area contributed by atoms with E-state index < -0.39 is 6.10 Å². The zero-order valence-corrected chi connectivity index (χ0v) is 54.1. The molecule has 0 saturated carbocycles. The minimum atomic E-state index is -0.773. The van der Waals surface area contributed by atoms with E-state index in [0.29, 0.717) is 19.3 Å². The summed E-state index contributed by atoms with van der Waals surface area (Å²) in [4.78, 5) is 38.4. The summed E-state index contributed by atoms with van der Waals surface area (Å²) in [6, 6.07) is 0. The summed E-state index contributed by atoms with van der Waals surface area (Å²) in [5, 5.41) is 0. The Morgan fingerprint density at radius 1 is 0.250 bits per heavy atom. The second kappa shape index (κ2) is 69.1. The molecule has 0 heterocycles. The largest absolute Gasteiger partial charge is 0.462 e. The van der Waals surface area contributed by atoms with Crippen molar-refractivity contribution < 1.29 is 28.6 Å². The van der Waals surface area contributed by atoms with Crippen molar-refractivity contribution in [3.05, 3.63) is 36.5 Å². The van der Waals surface area contributed by atoms with Gasteiger partial charge < -0.3 is 14.2 Å². The van der Waals surface area contributed by atoms with Crippen LogP contribution in [0.4, 0.5) is 0 Å². The van der Waals surface area contributed by atoms with Crippen molar-refractivity contribution in [1.29, 1.82) is 0 Å². The van der Waals surface area contributed by atoms with Crippen LogP contribution < -0.4 is 0 Å². The van der Waals surface area contributed by atoms with Crippen LogP contribution in [0.15, 0.2) is 36.5 Å². The molecular weight excluding hydrogens is 985 g/mol. The molecule has 0 aliphatic carbocycles. The number of hydrogen-bond acceptors (Lipinski definition) is 6. The molecule has 0 aromatic heterocycles. The number of allylic oxidation sites excluding steroid dienone is 6. The fourth-order valence-corrected chi connectivity index (χ4v) is 10.9. The normalized spacial score (nSPS) is 12.2. The Morgan fingerprint density at radius 2 is 0.450 bits per heavy atom. The van der Waals surface area contributed by atoms with E-state index in [2.05, 4.69) is 57.2 Å². The number of hydrogen-bond donors (Lipinski definition) is 0. The number of carbonyl (C=O) groups is 3. The van der Waals surface area contributed by atoms with E-state index in [-0.39, 0.29) is 31.1 Å². The number of esters is 3. The molecule has 0 aliphatic rings. The van der Waals surface area contributed by atoms with Crippen molar-refractivity contribution in [3.63, 3.8) is 0 Å². The van der Waals surface area contributed by atoms with Gasteiger partial charge in [0, 0.05) is 19.3 Å². The lowest BCUT2D eigenvalue weighted by molar-refractivity contribution is -0.167. The first kappa shape index (κ1) is 77.6. The third-order valence-electron chi connectivity index (χ3n) is 16.4. The topological polar surface area (TPSA) is 78.9 Å². The lowest BCUT2D eigenvalue weighted by Crippen LogP contribution is -2.30. The Labute approximate surface area is 499 Å². The summed E-state index contributed by atoms with van der Waals surface area (Å²) in [6.45, 7) is 6.70. The van der Waals surface area contributed by atoms with Gasteiger partial charge in [-0.2, -0.15) is 0 Å². The van der Waals surface area contributed by atoms with Gasteiger partial charge in [0.2, 0.25) is 0 Å². The zero-order chi connectivity index (χ0) is 57.8. The Kier molecular flexibility index (Phi) is 67.1. The molecule has 1 atom stereocenters. The van der Waals surface area contributed by atoms with E-state index in [9.17, 15) is 14.4 Å². The highest BCUT2D eigenvalue weighted by Crippen LogP contribution is 2.18. The summed E-state index contributed by atoms with van der Waals surface area (Å²) < 4.78 is 17.0. The van der Waals surface area contributed by atoms with Gasteiger partial charge in [-0.05, 0) is 77.0 Å². The predicted octanol–water partition coefficient (Wildman–Crippen LogP) is 24.7. The Bertz CT molecular complexity index is 1340. The number of ether oxygens (including phenoxy) is 3. The number of unbranched alkanes of at least 4 members (excludes halogenated alkanes) is 50. The van der Waals surface area contributed by atoms with Crippen LogP contribution in [0.25, 0.3) is 0 Å². The van der Waals surface area contributed by atoms with Gasteiger partial charge >= 0.3 is 17.9 Å². The van der Waals surface area contributed by atoms with Crippen molar-refractivity contribution in [2.24, 2.45) is 0 Å². The van der Waals surface area contributed by atoms with Crippen LogP contribution in [0.1, 0.15) is 400 Å². The molecule has 0 radical (unpaired) electrons. The SMILES string of the molecule is CCCCCCC/C=C\C/C=C\CCCCCCCCCCCC(=O)OC(COC(=O)CCCCCCCCCCCCCCCC)COC(=O)CCCCCCCCCCCCCCCCC/C=C\CCCCCCCCCC.